The molecular weight excluding hydrogens is 376 g/mol. The molecule has 3 aromatic rings. The van der Waals surface area contributed by atoms with E-state index in [0.29, 0.717) is 12.1 Å². The maximum atomic E-state index is 12.7. The van der Waals surface area contributed by atoms with Gasteiger partial charge in [0.15, 0.2) is 0 Å². The van der Waals surface area contributed by atoms with Gasteiger partial charge in [-0.1, -0.05) is 30.3 Å². The summed E-state index contributed by atoms with van der Waals surface area (Å²) in [5, 5.41) is 3.05. The van der Waals surface area contributed by atoms with Crippen LogP contribution in [0.3, 0.4) is 0 Å². The maximum absolute atomic E-state index is 12.7. The minimum absolute atomic E-state index is 0.0271. The Labute approximate surface area is 176 Å². The molecule has 1 aliphatic rings. The highest BCUT2D eigenvalue weighted by atomic mass is 16.5. The molecule has 0 fully saturated rings. The lowest BCUT2D eigenvalue weighted by Gasteiger charge is -2.17. The van der Waals surface area contributed by atoms with Gasteiger partial charge in [0.25, 0.3) is 5.91 Å². The molecule has 5 heteroatoms. The van der Waals surface area contributed by atoms with E-state index < -0.39 is 0 Å². The van der Waals surface area contributed by atoms with E-state index in [1.165, 1.54) is 0 Å². The van der Waals surface area contributed by atoms with Gasteiger partial charge in [0.2, 0.25) is 5.91 Å². The summed E-state index contributed by atoms with van der Waals surface area (Å²) < 4.78 is 5.82. The lowest BCUT2D eigenvalue weighted by Crippen LogP contribution is -2.27. The third-order valence-corrected chi connectivity index (χ3v) is 5.32. The number of amides is 2. The Morgan fingerprint density at radius 1 is 0.967 bits per heavy atom. The summed E-state index contributed by atoms with van der Waals surface area (Å²) in [4.78, 5) is 26.2. The number of benzene rings is 3. The van der Waals surface area contributed by atoms with Crippen molar-refractivity contribution in [1.29, 1.82) is 0 Å². The molecule has 4 rings (SSSR count). The molecule has 1 unspecified atom stereocenters. The predicted molar refractivity (Wildman–Crippen MR) is 117 cm³/mol. The van der Waals surface area contributed by atoms with Crippen molar-refractivity contribution in [2.75, 3.05) is 11.4 Å². The number of anilines is 1. The smallest absolute Gasteiger partial charge is 0.251 e. The fraction of sp³-hybridized carbons (Fsp3) is 0.200. The quantitative estimate of drug-likeness (QED) is 0.664. The average Bonchev–Trinajstić information content (AvgIpc) is 3.18. The van der Waals surface area contributed by atoms with Crippen LogP contribution in [-0.4, -0.2) is 18.4 Å². The van der Waals surface area contributed by atoms with Crippen LogP contribution >= 0.6 is 0 Å². The SMILES string of the molecule is CC(=O)N1CCc2cc(C(=O)NC(C)c3ccc(Oc4ccccc4)cc3)ccc21. The molecule has 1 N–H and O–H groups in total. The number of carbonyl (C=O) groups is 2. The van der Waals surface area contributed by atoms with Crippen molar-refractivity contribution in [1.82, 2.24) is 5.32 Å². The third kappa shape index (κ3) is 4.20. The van der Waals surface area contributed by atoms with E-state index in [9.17, 15) is 9.59 Å². The summed E-state index contributed by atoms with van der Waals surface area (Å²) in [7, 11) is 0. The molecule has 2 amide bonds. The first kappa shape index (κ1) is 19.7. The molecule has 0 aliphatic carbocycles. The molecule has 0 aromatic heterocycles. The van der Waals surface area contributed by atoms with Gasteiger partial charge in [0, 0.05) is 24.7 Å². The van der Waals surface area contributed by atoms with Crippen LogP contribution in [0.25, 0.3) is 0 Å². The number of fused-ring (bicyclic) bond motifs is 1. The molecule has 1 atom stereocenters. The first-order chi connectivity index (χ1) is 14.5. The van der Waals surface area contributed by atoms with Gasteiger partial charge in [0.05, 0.1) is 6.04 Å². The largest absolute Gasteiger partial charge is 0.457 e. The monoisotopic (exact) mass is 400 g/mol. The molecular formula is C25H24N2O3. The second-order valence-corrected chi connectivity index (χ2v) is 7.44. The van der Waals surface area contributed by atoms with Crippen molar-refractivity contribution in [3.63, 3.8) is 0 Å². The number of carbonyl (C=O) groups excluding carboxylic acids is 2. The van der Waals surface area contributed by atoms with Crippen LogP contribution < -0.4 is 15.0 Å². The van der Waals surface area contributed by atoms with Gasteiger partial charge >= 0.3 is 0 Å². The minimum Gasteiger partial charge on any atom is -0.457 e. The maximum Gasteiger partial charge on any atom is 0.251 e. The Morgan fingerprint density at radius 3 is 2.37 bits per heavy atom. The molecule has 0 bridgehead atoms. The van der Waals surface area contributed by atoms with E-state index in [1.807, 2.05) is 73.7 Å². The Balaban J connectivity index is 1.41. The fourth-order valence-electron chi connectivity index (χ4n) is 3.68. The zero-order valence-electron chi connectivity index (χ0n) is 17.1. The number of nitrogens with zero attached hydrogens (tertiary/aromatic N) is 1. The second-order valence-electron chi connectivity index (χ2n) is 7.44. The summed E-state index contributed by atoms with van der Waals surface area (Å²) in [6, 6.07) is 22.7. The van der Waals surface area contributed by atoms with Crippen LogP contribution in [0.15, 0.2) is 72.8 Å². The van der Waals surface area contributed by atoms with Gasteiger partial charge in [-0.15, -0.1) is 0 Å². The van der Waals surface area contributed by atoms with Gasteiger partial charge in [-0.25, -0.2) is 0 Å². The molecule has 0 saturated heterocycles. The van der Waals surface area contributed by atoms with Gasteiger partial charge in [0.1, 0.15) is 11.5 Å². The van der Waals surface area contributed by atoms with Crippen molar-refractivity contribution >= 4 is 17.5 Å². The molecule has 30 heavy (non-hydrogen) atoms. The number of para-hydroxylation sites is 1. The topological polar surface area (TPSA) is 58.6 Å². The number of nitrogens with one attached hydrogen (secondary N) is 1. The van der Waals surface area contributed by atoms with Crippen molar-refractivity contribution in [2.24, 2.45) is 0 Å². The first-order valence-corrected chi connectivity index (χ1v) is 10.1. The summed E-state index contributed by atoms with van der Waals surface area (Å²) >= 11 is 0. The Bertz CT molecular complexity index is 1060. The molecule has 0 saturated carbocycles. The Kier molecular flexibility index (Phi) is 5.53. The van der Waals surface area contributed by atoms with Gasteiger partial charge < -0.3 is 15.0 Å². The van der Waals surface area contributed by atoms with Crippen LogP contribution in [-0.2, 0) is 11.2 Å². The second kappa shape index (κ2) is 8.41. The number of hydrogen-bond donors (Lipinski definition) is 1. The van der Waals surface area contributed by atoms with Crippen molar-refractivity contribution in [2.45, 2.75) is 26.3 Å². The standard InChI is InChI=1S/C25H24N2O3/c1-17(19-8-11-23(12-9-19)30-22-6-4-3-5-7-22)26-25(29)21-10-13-24-20(16-21)14-15-27(24)18(2)28/h3-13,16-17H,14-15H2,1-2H3,(H,26,29). The third-order valence-electron chi connectivity index (χ3n) is 5.32. The Morgan fingerprint density at radius 2 is 1.67 bits per heavy atom. The summed E-state index contributed by atoms with van der Waals surface area (Å²) in [5.74, 6) is 1.43. The predicted octanol–water partition coefficient (Wildman–Crippen LogP) is 4.88. The molecule has 5 nitrogen and oxygen atoms in total. The highest BCUT2D eigenvalue weighted by Crippen LogP contribution is 2.29. The number of rotatable bonds is 5. The van der Waals surface area contributed by atoms with Crippen molar-refractivity contribution in [3.8, 4) is 11.5 Å². The molecule has 0 spiro atoms. The lowest BCUT2D eigenvalue weighted by atomic mass is 10.1. The zero-order valence-corrected chi connectivity index (χ0v) is 17.1. The van der Waals surface area contributed by atoms with Crippen LogP contribution in [0, 0.1) is 0 Å². The first-order valence-electron chi connectivity index (χ1n) is 10.1. The normalized spacial score (nSPS) is 13.5. The van der Waals surface area contributed by atoms with Crippen molar-refractivity contribution < 1.29 is 14.3 Å². The van der Waals surface area contributed by atoms with E-state index in [0.717, 1.165) is 34.7 Å². The molecule has 0 radical (unpaired) electrons. The minimum atomic E-state index is -0.148. The van der Waals surface area contributed by atoms with Crippen LogP contribution in [0.5, 0.6) is 11.5 Å². The van der Waals surface area contributed by atoms with Crippen LogP contribution in [0.1, 0.15) is 41.4 Å². The molecule has 3 aromatic carbocycles. The molecule has 1 heterocycles. The summed E-state index contributed by atoms with van der Waals surface area (Å²) in [6.45, 7) is 4.19. The zero-order chi connectivity index (χ0) is 21.1. The van der Waals surface area contributed by atoms with E-state index in [4.69, 9.17) is 4.74 Å². The summed E-state index contributed by atoms with van der Waals surface area (Å²) in [5.41, 5.74) is 3.54. The van der Waals surface area contributed by atoms with Crippen molar-refractivity contribution in [3.05, 3.63) is 89.5 Å². The van der Waals surface area contributed by atoms with E-state index in [2.05, 4.69) is 5.32 Å². The van der Waals surface area contributed by atoms with E-state index in [1.54, 1.807) is 17.9 Å². The lowest BCUT2D eigenvalue weighted by molar-refractivity contribution is -0.116. The van der Waals surface area contributed by atoms with Gasteiger partial charge in [-0.05, 0) is 66.9 Å². The Hall–Kier alpha value is -3.60. The number of hydrogen-bond acceptors (Lipinski definition) is 3. The van der Waals surface area contributed by atoms with Gasteiger partial charge in [-0.3, -0.25) is 9.59 Å². The highest BCUT2D eigenvalue weighted by Gasteiger charge is 2.23. The van der Waals surface area contributed by atoms with E-state index in [-0.39, 0.29) is 17.9 Å². The summed E-state index contributed by atoms with van der Waals surface area (Å²) in [6.07, 6.45) is 0.772. The fourth-order valence-corrected chi connectivity index (χ4v) is 3.68. The number of ether oxygens (including phenoxy) is 1. The average molecular weight is 400 g/mol. The van der Waals surface area contributed by atoms with E-state index >= 15 is 0 Å². The van der Waals surface area contributed by atoms with Crippen LogP contribution in [0.2, 0.25) is 0 Å². The molecule has 1 aliphatic heterocycles. The van der Waals surface area contributed by atoms with Crippen LogP contribution in [0.4, 0.5) is 5.69 Å². The van der Waals surface area contributed by atoms with Gasteiger partial charge in [-0.2, -0.15) is 0 Å². The molecule has 152 valence electrons. The highest BCUT2D eigenvalue weighted by molar-refractivity contribution is 5.98.